The van der Waals surface area contributed by atoms with Crippen LogP contribution in [0.5, 0.6) is 5.75 Å². The lowest BCUT2D eigenvalue weighted by molar-refractivity contribution is 0.0594. The number of carbonyl (C=O) groups is 1. The van der Waals surface area contributed by atoms with Gasteiger partial charge in [0.15, 0.2) is 5.43 Å². The first-order chi connectivity index (χ1) is 8.02. The van der Waals surface area contributed by atoms with Crippen LogP contribution in [0.15, 0.2) is 27.5 Å². The van der Waals surface area contributed by atoms with E-state index in [1.165, 1.54) is 13.2 Å². The molecular formula is C11H8BrNO4. The molecule has 0 aliphatic heterocycles. The van der Waals surface area contributed by atoms with Crippen molar-refractivity contribution in [1.82, 2.24) is 4.98 Å². The number of fused-ring (bicyclic) bond motifs is 1. The van der Waals surface area contributed by atoms with Crippen molar-refractivity contribution in [2.75, 3.05) is 7.11 Å². The highest BCUT2D eigenvalue weighted by Crippen LogP contribution is 2.25. The molecule has 17 heavy (non-hydrogen) atoms. The minimum absolute atomic E-state index is 0.00243. The number of hydrogen-bond acceptors (Lipinski definition) is 4. The summed E-state index contributed by atoms with van der Waals surface area (Å²) in [5.74, 6) is -0.774. The molecule has 0 aliphatic carbocycles. The number of rotatable bonds is 1. The number of ether oxygens (including phenoxy) is 1. The lowest BCUT2D eigenvalue weighted by atomic mass is 10.2. The summed E-state index contributed by atoms with van der Waals surface area (Å²) in [6, 6.07) is 4.13. The summed E-state index contributed by atoms with van der Waals surface area (Å²) in [4.78, 5) is 25.7. The van der Waals surface area contributed by atoms with Crippen LogP contribution >= 0.6 is 15.9 Å². The number of aromatic amines is 1. The van der Waals surface area contributed by atoms with Gasteiger partial charge in [-0.2, -0.15) is 0 Å². The second-order valence-electron chi connectivity index (χ2n) is 3.39. The Balaban J connectivity index is 2.82. The molecular weight excluding hydrogens is 290 g/mol. The van der Waals surface area contributed by atoms with E-state index in [0.29, 0.717) is 9.86 Å². The van der Waals surface area contributed by atoms with E-state index in [-0.39, 0.29) is 22.4 Å². The first-order valence-corrected chi connectivity index (χ1v) is 5.46. The fraction of sp³-hybridized carbons (Fsp3) is 0.0909. The van der Waals surface area contributed by atoms with Gasteiger partial charge in [-0.25, -0.2) is 4.79 Å². The molecule has 0 unspecified atom stereocenters. The zero-order valence-corrected chi connectivity index (χ0v) is 10.4. The molecule has 2 N–H and O–H groups in total. The maximum atomic E-state index is 11.8. The number of benzene rings is 1. The number of halogens is 1. The van der Waals surface area contributed by atoms with Crippen molar-refractivity contribution in [3.8, 4) is 5.75 Å². The number of nitrogens with one attached hydrogen (secondary N) is 1. The number of carbonyl (C=O) groups excluding carboxylic acids is 1. The Kier molecular flexibility index (Phi) is 2.89. The first-order valence-electron chi connectivity index (χ1n) is 4.67. The second kappa shape index (κ2) is 4.21. The fourth-order valence-corrected chi connectivity index (χ4v) is 1.96. The number of hydrogen-bond donors (Lipinski definition) is 2. The minimum atomic E-state index is -0.661. The largest absolute Gasteiger partial charge is 0.506 e. The predicted octanol–water partition coefficient (Wildman–Crippen LogP) is 1.78. The van der Waals surface area contributed by atoms with Gasteiger partial charge in [-0.05, 0) is 12.1 Å². The molecule has 1 aromatic heterocycles. The molecule has 0 saturated heterocycles. The van der Waals surface area contributed by atoms with Gasteiger partial charge in [0.1, 0.15) is 11.4 Å². The number of pyridine rings is 1. The summed E-state index contributed by atoms with van der Waals surface area (Å²) < 4.78 is 5.09. The van der Waals surface area contributed by atoms with Gasteiger partial charge in [-0.3, -0.25) is 4.79 Å². The average molecular weight is 298 g/mol. The molecule has 0 aliphatic rings. The SMILES string of the molecule is COC(=O)c1cc(=O)c2cc(Br)cc(O)c2[nH]1. The number of aromatic nitrogens is 1. The van der Waals surface area contributed by atoms with Crippen molar-refractivity contribution in [2.24, 2.45) is 0 Å². The quantitative estimate of drug-likeness (QED) is 0.787. The predicted molar refractivity (Wildman–Crippen MR) is 65.3 cm³/mol. The van der Waals surface area contributed by atoms with Crippen LogP contribution in [0, 0.1) is 0 Å². The minimum Gasteiger partial charge on any atom is -0.506 e. The van der Waals surface area contributed by atoms with Crippen molar-refractivity contribution in [3.05, 3.63) is 38.6 Å². The monoisotopic (exact) mass is 297 g/mol. The van der Waals surface area contributed by atoms with Crippen LogP contribution in [0.25, 0.3) is 10.9 Å². The van der Waals surface area contributed by atoms with Crippen molar-refractivity contribution < 1.29 is 14.6 Å². The topological polar surface area (TPSA) is 79.4 Å². The molecule has 0 radical (unpaired) electrons. The van der Waals surface area contributed by atoms with Crippen LogP contribution in [0.2, 0.25) is 0 Å². The molecule has 0 spiro atoms. The van der Waals surface area contributed by atoms with E-state index in [1.807, 2.05) is 0 Å². The molecule has 1 aromatic carbocycles. The molecule has 0 amide bonds. The van der Waals surface area contributed by atoms with E-state index >= 15 is 0 Å². The van der Waals surface area contributed by atoms with Gasteiger partial charge in [-0.1, -0.05) is 15.9 Å². The Labute approximate surface area is 104 Å². The molecule has 2 rings (SSSR count). The summed E-state index contributed by atoms with van der Waals surface area (Å²) in [5.41, 5.74) is -0.153. The number of phenols is 1. The van der Waals surface area contributed by atoms with Crippen LogP contribution in [-0.4, -0.2) is 23.2 Å². The van der Waals surface area contributed by atoms with Crippen molar-refractivity contribution in [2.45, 2.75) is 0 Å². The van der Waals surface area contributed by atoms with Gasteiger partial charge in [0.2, 0.25) is 0 Å². The summed E-state index contributed by atoms with van der Waals surface area (Å²) in [6.45, 7) is 0. The Bertz CT molecular complexity index is 662. The van der Waals surface area contributed by atoms with Crippen LogP contribution in [-0.2, 0) is 4.74 Å². The maximum absolute atomic E-state index is 11.8. The third-order valence-corrected chi connectivity index (χ3v) is 2.75. The maximum Gasteiger partial charge on any atom is 0.354 e. The molecule has 5 nitrogen and oxygen atoms in total. The molecule has 6 heteroatoms. The van der Waals surface area contributed by atoms with E-state index in [1.54, 1.807) is 6.07 Å². The van der Waals surface area contributed by atoms with E-state index in [0.717, 1.165) is 6.07 Å². The lowest BCUT2D eigenvalue weighted by Gasteiger charge is -2.05. The standard InChI is InChI=1S/C11H8BrNO4/c1-17-11(16)7-4-8(14)6-2-5(12)3-9(15)10(6)13-7/h2-4,15H,1H3,(H,13,14). The first kappa shape index (κ1) is 11.7. The van der Waals surface area contributed by atoms with Crippen LogP contribution in [0.1, 0.15) is 10.5 Å². The van der Waals surface area contributed by atoms with Crippen LogP contribution < -0.4 is 5.43 Å². The van der Waals surface area contributed by atoms with Gasteiger partial charge in [0, 0.05) is 10.5 Å². The van der Waals surface area contributed by atoms with Crippen LogP contribution in [0.4, 0.5) is 0 Å². The molecule has 0 bridgehead atoms. The van der Waals surface area contributed by atoms with Gasteiger partial charge < -0.3 is 14.8 Å². The second-order valence-corrected chi connectivity index (χ2v) is 4.30. The Morgan fingerprint density at radius 2 is 2.12 bits per heavy atom. The summed E-state index contributed by atoms with van der Waals surface area (Å²) in [6.07, 6.45) is 0. The molecule has 1 heterocycles. The highest BCUT2D eigenvalue weighted by Gasteiger charge is 2.12. The summed E-state index contributed by atoms with van der Waals surface area (Å²) >= 11 is 3.17. The summed E-state index contributed by atoms with van der Waals surface area (Å²) in [5, 5.41) is 10.00. The number of H-pyrrole nitrogens is 1. The zero-order chi connectivity index (χ0) is 12.6. The van der Waals surface area contributed by atoms with E-state index in [9.17, 15) is 14.7 Å². The molecule has 2 aromatic rings. The van der Waals surface area contributed by atoms with Crippen molar-refractivity contribution in [3.63, 3.8) is 0 Å². The number of aromatic hydroxyl groups is 1. The van der Waals surface area contributed by atoms with Gasteiger partial charge in [-0.15, -0.1) is 0 Å². The summed E-state index contributed by atoms with van der Waals surface area (Å²) in [7, 11) is 1.21. The van der Waals surface area contributed by atoms with E-state index in [4.69, 9.17) is 0 Å². The highest BCUT2D eigenvalue weighted by atomic mass is 79.9. The van der Waals surface area contributed by atoms with Crippen molar-refractivity contribution >= 4 is 32.8 Å². The normalized spacial score (nSPS) is 10.5. The third kappa shape index (κ3) is 2.03. The molecule has 88 valence electrons. The fourth-order valence-electron chi connectivity index (χ4n) is 1.52. The van der Waals surface area contributed by atoms with Gasteiger partial charge >= 0.3 is 5.97 Å². The van der Waals surface area contributed by atoms with Gasteiger partial charge in [0.05, 0.1) is 18.0 Å². The van der Waals surface area contributed by atoms with E-state index in [2.05, 4.69) is 25.7 Å². The molecule has 0 fully saturated rings. The Morgan fingerprint density at radius 1 is 1.41 bits per heavy atom. The van der Waals surface area contributed by atoms with Gasteiger partial charge in [0.25, 0.3) is 0 Å². The smallest absolute Gasteiger partial charge is 0.354 e. The number of methoxy groups -OCH3 is 1. The number of esters is 1. The lowest BCUT2D eigenvalue weighted by Crippen LogP contribution is -2.11. The Morgan fingerprint density at radius 3 is 2.76 bits per heavy atom. The number of phenolic OH excluding ortho intramolecular Hbond substituents is 1. The molecule has 0 saturated carbocycles. The van der Waals surface area contributed by atoms with Crippen LogP contribution in [0.3, 0.4) is 0 Å². The Hall–Kier alpha value is -1.82. The third-order valence-electron chi connectivity index (χ3n) is 2.29. The highest BCUT2D eigenvalue weighted by molar-refractivity contribution is 9.10. The average Bonchev–Trinajstić information content (AvgIpc) is 2.29. The van der Waals surface area contributed by atoms with E-state index < -0.39 is 5.97 Å². The zero-order valence-electron chi connectivity index (χ0n) is 8.78. The molecule has 0 atom stereocenters. The van der Waals surface area contributed by atoms with Crippen molar-refractivity contribution in [1.29, 1.82) is 0 Å².